The van der Waals surface area contributed by atoms with E-state index in [1.807, 2.05) is 0 Å². The first-order valence-corrected chi connectivity index (χ1v) is 6.67. The minimum Gasteiger partial charge on any atom is -0.390 e. The predicted octanol–water partition coefficient (Wildman–Crippen LogP) is 1.97. The van der Waals surface area contributed by atoms with Gasteiger partial charge in [-0.05, 0) is 54.8 Å². The maximum Gasteiger partial charge on any atom is 0.217 e. The van der Waals surface area contributed by atoms with E-state index in [9.17, 15) is 9.90 Å². The van der Waals surface area contributed by atoms with Crippen LogP contribution in [0, 0.1) is 16.2 Å². The van der Waals surface area contributed by atoms with Gasteiger partial charge in [-0.15, -0.1) is 0 Å². The van der Waals surface area contributed by atoms with Crippen molar-refractivity contribution in [3.8, 4) is 0 Å². The van der Waals surface area contributed by atoms with Gasteiger partial charge in [0.15, 0.2) is 0 Å². The van der Waals surface area contributed by atoms with E-state index in [1.54, 1.807) is 0 Å². The molecule has 1 amide bonds. The number of hydrogen-bond acceptors (Lipinski definition) is 2. The first-order valence-electron chi connectivity index (χ1n) is 6.67. The van der Waals surface area contributed by atoms with Crippen LogP contribution in [-0.2, 0) is 4.79 Å². The second-order valence-corrected chi connectivity index (χ2v) is 8.05. The molecule has 0 aromatic carbocycles. The first-order chi connectivity index (χ1) is 7.66. The van der Waals surface area contributed by atoms with Crippen LogP contribution < -0.4 is 5.73 Å². The fraction of sp³-hybridized carbons (Fsp3) is 0.929. The predicted molar refractivity (Wildman–Crippen MR) is 65.1 cm³/mol. The zero-order chi connectivity index (χ0) is 12.5. The number of carbonyl (C=O) groups excluding carboxylic acids is 1. The molecular formula is C14H23NO2. The standard InChI is InChI=1S/C14H23NO2/c1-11-4-12(2)6-13(5-11,3-10(15)16)9-14(17,7-11)8-12/h17H,3-9H2,1-2H3,(H2,15,16). The average Bonchev–Trinajstić information content (AvgIpc) is 1.87. The van der Waals surface area contributed by atoms with Gasteiger partial charge in [0.05, 0.1) is 5.60 Å². The first kappa shape index (κ1) is 11.5. The molecule has 17 heavy (non-hydrogen) atoms. The number of amides is 1. The van der Waals surface area contributed by atoms with E-state index in [-0.39, 0.29) is 22.2 Å². The van der Waals surface area contributed by atoms with Crippen LogP contribution >= 0.6 is 0 Å². The molecule has 0 heterocycles. The molecule has 4 aliphatic carbocycles. The molecule has 0 saturated heterocycles. The van der Waals surface area contributed by atoms with Crippen LogP contribution in [0.25, 0.3) is 0 Å². The topological polar surface area (TPSA) is 63.3 Å². The minimum atomic E-state index is -0.534. The molecule has 96 valence electrons. The van der Waals surface area contributed by atoms with Gasteiger partial charge in [0.25, 0.3) is 0 Å². The number of primary amides is 1. The molecule has 4 saturated carbocycles. The van der Waals surface area contributed by atoms with Crippen LogP contribution in [0.1, 0.15) is 58.8 Å². The van der Waals surface area contributed by atoms with Crippen molar-refractivity contribution in [2.75, 3.05) is 0 Å². The van der Waals surface area contributed by atoms with Crippen LogP contribution in [0.2, 0.25) is 0 Å². The highest BCUT2D eigenvalue weighted by Crippen LogP contribution is 2.71. The average molecular weight is 237 g/mol. The Kier molecular flexibility index (Phi) is 1.95. The van der Waals surface area contributed by atoms with Gasteiger partial charge in [-0.2, -0.15) is 0 Å². The smallest absolute Gasteiger partial charge is 0.217 e. The SMILES string of the molecule is CC12CC3(C)CC(O)(C1)CC(CC(N)=O)(C2)C3. The molecule has 0 radical (unpaired) electrons. The summed E-state index contributed by atoms with van der Waals surface area (Å²) in [5.74, 6) is -0.206. The molecule has 4 bridgehead atoms. The van der Waals surface area contributed by atoms with Gasteiger partial charge in [-0.1, -0.05) is 13.8 Å². The monoisotopic (exact) mass is 237 g/mol. The van der Waals surface area contributed by atoms with Crippen molar-refractivity contribution >= 4 is 5.91 Å². The van der Waals surface area contributed by atoms with Gasteiger partial charge in [0.2, 0.25) is 5.91 Å². The maximum absolute atomic E-state index is 11.3. The number of nitrogens with two attached hydrogens (primary N) is 1. The lowest BCUT2D eigenvalue weighted by molar-refractivity contribution is -0.225. The molecule has 3 nitrogen and oxygen atoms in total. The molecule has 2 atom stereocenters. The van der Waals surface area contributed by atoms with E-state index in [1.165, 1.54) is 6.42 Å². The van der Waals surface area contributed by atoms with Gasteiger partial charge < -0.3 is 10.8 Å². The highest BCUT2D eigenvalue weighted by molar-refractivity contribution is 5.74. The van der Waals surface area contributed by atoms with Crippen molar-refractivity contribution in [2.24, 2.45) is 22.0 Å². The summed E-state index contributed by atoms with van der Waals surface area (Å²) < 4.78 is 0. The summed E-state index contributed by atoms with van der Waals surface area (Å²) in [7, 11) is 0. The lowest BCUT2D eigenvalue weighted by Crippen LogP contribution is -2.63. The molecule has 3 N–H and O–H groups in total. The second-order valence-electron chi connectivity index (χ2n) is 8.05. The highest BCUT2D eigenvalue weighted by Gasteiger charge is 2.65. The minimum absolute atomic E-state index is 0.0150. The second kappa shape index (κ2) is 2.87. The zero-order valence-electron chi connectivity index (χ0n) is 10.9. The van der Waals surface area contributed by atoms with E-state index in [0.717, 1.165) is 32.1 Å². The van der Waals surface area contributed by atoms with E-state index >= 15 is 0 Å². The molecule has 0 aromatic rings. The molecule has 0 aliphatic heterocycles. The van der Waals surface area contributed by atoms with E-state index in [4.69, 9.17) is 5.73 Å². The lowest BCUT2D eigenvalue weighted by Gasteiger charge is -2.68. The maximum atomic E-state index is 11.3. The quantitative estimate of drug-likeness (QED) is 0.771. The number of hydrogen-bond donors (Lipinski definition) is 2. The van der Waals surface area contributed by atoms with Gasteiger partial charge >= 0.3 is 0 Å². The molecule has 4 rings (SSSR count). The summed E-state index contributed by atoms with van der Waals surface area (Å²) in [6.07, 6.45) is 6.41. The summed E-state index contributed by atoms with van der Waals surface area (Å²) in [6.45, 7) is 4.56. The van der Waals surface area contributed by atoms with Crippen LogP contribution in [0.4, 0.5) is 0 Å². The Morgan fingerprint density at radius 1 is 1.06 bits per heavy atom. The summed E-state index contributed by atoms with van der Waals surface area (Å²) in [5, 5.41) is 10.8. The van der Waals surface area contributed by atoms with Crippen LogP contribution in [0.5, 0.6) is 0 Å². The third kappa shape index (κ3) is 1.70. The normalized spacial score (nSPS) is 56.2. The number of carbonyl (C=O) groups is 1. The van der Waals surface area contributed by atoms with Gasteiger partial charge in [0, 0.05) is 6.42 Å². The fourth-order valence-electron chi connectivity index (χ4n) is 6.43. The van der Waals surface area contributed by atoms with E-state index in [0.29, 0.717) is 6.42 Å². The molecule has 0 aromatic heterocycles. The molecule has 4 fully saturated rings. The fourth-order valence-corrected chi connectivity index (χ4v) is 6.43. The summed E-state index contributed by atoms with van der Waals surface area (Å²) in [5.41, 5.74) is 5.31. The summed E-state index contributed by atoms with van der Waals surface area (Å²) >= 11 is 0. The van der Waals surface area contributed by atoms with Gasteiger partial charge in [0.1, 0.15) is 0 Å². The highest BCUT2D eigenvalue weighted by atomic mass is 16.3. The number of aliphatic hydroxyl groups is 1. The van der Waals surface area contributed by atoms with Crippen molar-refractivity contribution < 1.29 is 9.90 Å². The van der Waals surface area contributed by atoms with Gasteiger partial charge in [-0.25, -0.2) is 0 Å². The third-order valence-corrected chi connectivity index (χ3v) is 5.22. The Labute approximate surface area is 103 Å². The van der Waals surface area contributed by atoms with Crippen molar-refractivity contribution in [1.29, 1.82) is 0 Å². The summed E-state index contributed by atoms with van der Waals surface area (Å²) in [4.78, 5) is 11.3. The van der Waals surface area contributed by atoms with Crippen LogP contribution in [0.3, 0.4) is 0 Å². The van der Waals surface area contributed by atoms with Crippen LogP contribution in [0.15, 0.2) is 0 Å². The zero-order valence-corrected chi connectivity index (χ0v) is 10.9. The van der Waals surface area contributed by atoms with E-state index < -0.39 is 5.60 Å². The Hall–Kier alpha value is -0.570. The van der Waals surface area contributed by atoms with E-state index in [2.05, 4.69) is 13.8 Å². The largest absolute Gasteiger partial charge is 0.390 e. The number of rotatable bonds is 2. The molecule has 3 heteroatoms. The molecule has 0 spiro atoms. The molecular weight excluding hydrogens is 214 g/mol. The Bertz CT molecular complexity index is 336. The Morgan fingerprint density at radius 2 is 1.59 bits per heavy atom. The van der Waals surface area contributed by atoms with Crippen molar-refractivity contribution in [3.05, 3.63) is 0 Å². The molecule has 4 aliphatic rings. The van der Waals surface area contributed by atoms with Crippen molar-refractivity contribution in [1.82, 2.24) is 0 Å². The lowest BCUT2D eigenvalue weighted by atomic mass is 9.38. The Morgan fingerprint density at radius 3 is 2.00 bits per heavy atom. The Balaban J connectivity index is 2.01. The van der Waals surface area contributed by atoms with Crippen molar-refractivity contribution in [2.45, 2.75) is 64.4 Å². The van der Waals surface area contributed by atoms with Gasteiger partial charge in [-0.3, -0.25) is 4.79 Å². The summed E-state index contributed by atoms with van der Waals surface area (Å²) in [6, 6.07) is 0. The third-order valence-electron chi connectivity index (χ3n) is 5.22. The van der Waals surface area contributed by atoms with Crippen molar-refractivity contribution in [3.63, 3.8) is 0 Å². The van der Waals surface area contributed by atoms with Crippen LogP contribution in [-0.4, -0.2) is 16.6 Å². The molecule has 2 unspecified atom stereocenters.